The molecule has 1 heterocycles. The summed E-state index contributed by atoms with van der Waals surface area (Å²) in [6.45, 7) is 0.802. The summed E-state index contributed by atoms with van der Waals surface area (Å²) in [4.78, 5) is 0. The molecule has 0 radical (unpaired) electrons. The van der Waals surface area contributed by atoms with E-state index in [2.05, 4.69) is 0 Å². The average Bonchev–Trinajstić information content (AvgIpc) is 2.77. The molecule has 0 spiro atoms. The van der Waals surface area contributed by atoms with Crippen LogP contribution in [0.2, 0.25) is 5.02 Å². The Hall–Kier alpha value is -1.13. The summed E-state index contributed by atoms with van der Waals surface area (Å²) in [5.74, 6) is 1.94. The standard InChI is InChI=1S/C13H16ClNO3/c1-16-11-8(13(6-15)3-2-4-13)5-9-12(10(11)14)18-7-17-9/h5H,2-4,6-7,15H2,1H3. The summed E-state index contributed by atoms with van der Waals surface area (Å²) >= 11 is 6.33. The molecule has 2 N–H and O–H groups in total. The van der Waals surface area contributed by atoms with E-state index in [1.165, 1.54) is 6.42 Å². The molecule has 3 rings (SSSR count). The molecule has 0 bridgehead atoms. The van der Waals surface area contributed by atoms with Crippen LogP contribution in [0.4, 0.5) is 0 Å². The highest BCUT2D eigenvalue weighted by molar-refractivity contribution is 6.34. The van der Waals surface area contributed by atoms with Crippen LogP contribution in [0.15, 0.2) is 6.07 Å². The second-order valence-corrected chi connectivity index (χ2v) is 5.22. The predicted molar refractivity (Wildman–Crippen MR) is 68.7 cm³/mol. The Labute approximate surface area is 111 Å². The lowest BCUT2D eigenvalue weighted by atomic mass is 9.64. The lowest BCUT2D eigenvalue weighted by Crippen LogP contribution is -2.41. The van der Waals surface area contributed by atoms with Gasteiger partial charge in [-0.2, -0.15) is 0 Å². The average molecular weight is 270 g/mol. The predicted octanol–water partition coefficient (Wildman–Crippen LogP) is 2.46. The zero-order valence-electron chi connectivity index (χ0n) is 10.3. The van der Waals surface area contributed by atoms with Gasteiger partial charge in [0.2, 0.25) is 6.79 Å². The molecule has 0 saturated heterocycles. The molecule has 4 nitrogen and oxygen atoms in total. The highest BCUT2D eigenvalue weighted by Crippen LogP contribution is 2.54. The molecule has 98 valence electrons. The first-order valence-corrected chi connectivity index (χ1v) is 6.46. The Morgan fingerprint density at radius 2 is 2.22 bits per heavy atom. The Morgan fingerprint density at radius 1 is 1.44 bits per heavy atom. The summed E-state index contributed by atoms with van der Waals surface area (Å²) in [7, 11) is 1.62. The molecule has 1 aromatic carbocycles. The summed E-state index contributed by atoms with van der Waals surface area (Å²) < 4.78 is 16.2. The second-order valence-electron chi connectivity index (χ2n) is 4.84. The van der Waals surface area contributed by atoms with Gasteiger partial charge in [-0.3, -0.25) is 0 Å². The van der Waals surface area contributed by atoms with Crippen molar-refractivity contribution in [3.05, 3.63) is 16.7 Å². The van der Waals surface area contributed by atoms with Crippen molar-refractivity contribution in [2.75, 3.05) is 20.4 Å². The third-order valence-electron chi connectivity index (χ3n) is 4.04. The number of rotatable bonds is 3. The van der Waals surface area contributed by atoms with Crippen LogP contribution in [-0.2, 0) is 5.41 Å². The van der Waals surface area contributed by atoms with E-state index in [9.17, 15) is 0 Å². The molecular weight excluding hydrogens is 254 g/mol. The maximum Gasteiger partial charge on any atom is 0.231 e. The molecule has 1 aromatic rings. The highest BCUT2D eigenvalue weighted by atomic mass is 35.5. The van der Waals surface area contributed by atoms with E-state index in [-0.39, 0.29) is 12.2 Å². The van der Waals surface area contributed by atoms with Gasteiger partial charge in [0.15, 0.2) is 11.5 Å². The van der Waals surface area contributed by atoms with Crippen molar-refractivity contribution in [2.24, 2.45) is 5.73 Å². The number of methoxy groups -OCH3 is 1. The van der Waals surface area contributed by atoms with Crippen LogP contribution in [-0.4, -0.2) is 20.4 Å². The first kappa shape index (κ1) is 11.9. The number of hydrogen-bond acceptors (Lipinski definition) is 4. The van der Waals surface area contributed by atoms with Gasteiger partial charge < -0.3 is 19.9 Å². The molecule has 2 aliphatic rings. The summed E-state index contributed by atoms with van der Waals surface area (Å²) in [6.07, 6.45) is 3.32. The zero-order valence-corrected chi connectivity index (χ0v) is 11.0. The lowest BCUT2D eigenvalue weighted by molar-refractivity contribution is 0.173. The van der Waals surface area contributed by atoms with Gasteiger partial charge in [-0.05, 0) is 18.9 Å². The molecule has 0 atom stereocenters. The van der Waals surface area contributed by atoms with Gasteiger partial charge >= 0.3 is 0 Å². The van der Waals surface area contributed by atoms with Crippen molar-refractivity contribution in [1.29, 1.82) is 0 Å². The smallest absolute Gasteiger partial charge is 0.231 e. The fourth-order valence-electron chi connectivity index (χ4n) is 2.77. The third-order valence-corrected chi connectivity index (χ3v) is 4.38. The van der Waals surface area contributed by atoms with E-state index in [1.807, 2.05) is 6.07 Å². The van der Waals surface area contributed by atoms with E-state index in [1.54, 1.807) is 7.11 Å². The lowest BCUT2D eigenvalue weighted by Gasteiger charge is -2.42. The topological polar surface area (TPSA) is 53.7 Å². The Morgan fingerprint density at radius 3 is 2.78 bits per heavy atom. The molecule has 0 unspecified atom stereocenters. The first-order chi connectivity index (χ1) is 8.72. The third kappa shape index (κ3) is 1.49. The normalized spacial score (nSPS) is 19.5. The zero-order chi connectivity index (χ0) is 12.8. The molecule has 1 saturated carbocycles. The van der Waals surface area contributed by atoms with Crippen molar-refractivity contribution in [1.82, 2.24) is 0 Å². The number of ether oxygens (including phenoxy) is 3. The van der Waals surface area contributed by atoms with Crippen molar-refractivity contribution in [3.63, 3.8) is 0 Å². The van der Waals surface area contributed by atoms with Crippen molar-refractivity contribution in [3.8, 4) is 17.2 Å². The number of fused-ring (bicyclic) bond motifs is 1. The van der Waals surface area contributed by atoms with E-state index in [4.69, 9.17) is 31.5 Å². The highest BCUT2D eigenvalue weighted by Gasteiger charge is 2.41. The quantitative estimate of drug-likeness (QED) is 0.916. The number of nitrogens with two attached hydrogens (primary N) is 1. The van der Waals surface area contributed by atoms with Gasteiger partial charge in [0.1, 0.15) is 10.8 Å². The van der Waals surface area contributed by atoms with Crippen LogP contribution >= 0.6 is 11.6 Å². The SMILES string of the molecule is COc1c(C2(CN)CCC2)cc2c(c1Cl)OCO2. The summed E-state index contributed by atoms with van der Waals surface area (Å²) in [5, 5.41) is 0.488. The van der Waals surface area contributed by atoms with Gasteiger partial charge in [-0.1, -0.05) is 18.0 Å². The van der Waals surface area contributed by atoms with Crippen LogP contribution in [0.3, 0.4) is 0 Å². The molecule has 5 heteroatoms. The van der Waals surface area contributed by atoms with E-state index in [0.29, 0.717) is 28.8 Å². The number of benzene rings is 1. The minimum absolute atomic E-state index is 0.0179. The Kier molecular flexibility index (Phi) is 2.79. The van der Waals surface area contributed by atoms with Gasteiger partial charge in [0.05, 0.1) is 7.11 Å². The van der Waals surface area contributed by atoms with E-state index in [0.717, 1.165) is 18.4 Å². The fraction of sp³-hybridized carbons (Fsp3) is 0.538. The van der Waals surface area contributed by atoms with Crippen LogP contribution in [0.5, 0.6) is 17.2 Å². The summed E-state index contributed by atoms with van der Waals surface area (Å²) in [5.41, 5.74) is 6.98. The maximum absolute atomic E-state index is 6.33. The number of hydrogen-bond donors (Lipinski definition) is 1. The number of halogens is 1. The minimum atomic E-state index is -0.0179. The van der Waals surface area contributed by atoms with Crippen molar-refractivity contribution < 1.29 is 14.2 Å². The molecule has 1 fully saturated rings. The largest absolute Gasteiger partial charge is 0.495 e. The fourth-order valence-corrected chi connectivity index (χ4v) is 3.09. The Bertz CT molecular complexity index is 480. The van der Waals surface area contributed by atoms with Gasteiger partial charge in [-0.25, -0.2) is 0 Å². The van der Waals surface area contributed by atoms with Crippen molar-refractivity contribution in [2.45, 2.75) is 24.7 Å². The molecule has 18 heavy (non-hydrogen) atoms. The van der Waals surface area contributed by atoms with Crippen LogP contribution in [0.1, 0.15) is 24.8 Å². The van der Waals surface area contributed by atoms with Gasteiger partial charge in [0.25, 0.3) is 0 Å². The molecule has 0 amide bonds. The van der Waals surface area contributed by atoms with Crippen LogP contribution in [0.25, 0.3) is 0 Å². The minimum Gasteiger partial charge on any atom is -0.495 e. The van der Waals surface area contributed by atoms with E-state index >= 15 is 0 Å². The molecular formula is C13H16ClNO3. The van der Waals surface area contributed by atoms with Crippen LogP contribution < -0.4 is 19.9 Å². The maximum atomic E-state index is 6.33. The first-order valence-electron chi connectivity index (χ1n) is 6.08. The Balaban J connectivity index is 2.17. The van der Waals surface area contributed by atoms with E-state index < -0.39 is 0 Å². The second kappa shape index (κ2) is 4.21. The molecule has 1 aliphatic carbocycles. The van der Waals surface area contributed by atoms with Crippen LogP contribution in [0, 0.1) is 0 Å². The van der Waals surface area contributed by atoms with Crippen molar-refractivity contribution >= 4 is 11.6 Å². The molecule has 1 aliphatic heterocycles. The summed E-state index contributed by atoms with van der Waals surface area (Å²) in [6, 6.07) is 1.97. The molecule has 0 aromatic heterocycles. The van der Waals surface area contributed by atoms with Gasteiger partial charge in [-0.15, -0.1) is 0 Å². The van der Waals surface area contributed by atoms with Gasteiger partial charge in [0, 0.05) is 17.5 Å². The monoisotopic (exact) mass is 269 g/mol.